The Hall–Kier alpha value is -1.97. The Morgan fingerprint density at radius 2 is 2.00 bits per heavy atom. The molecule has 114 valence electrons. The van der Waals surface area contributed by atoms with Gasteiger partial charge in [0, 0.05) is 6.54 Å². The molecular formula is C17H23NO3. The zero-order chi connectivity index (χ0) is 15.6. The molecule has 1 aromatic rings. The van der Waals surface area contributed by atoms with E-state index >= 15 is 0 Å². The van der Waals surface area contributed by atoms with Crippen molar-refractivity contribution in [3.63, 3.8) is 0 Å². The number of carbonyl (C=O) groups is 1. The van der Waals surface area contributed by atoms with Gasteiger partial charge in [0.15, 0.2) is 0 Å². The molecule has 1 fully saturated rings. The third-order valence-corrected chi connectivity index (χ3v) is 3.25. The number of hydrogen-bond acceptors (Lipinski definition) is 3. The summed E-state index contributed by atoms with van der Waals surface area (Å²) < 4.78 is 11.4. The van der Waals surface area contributed by atoms with Gasteiger partial charge in [0.25, 0.3) is 0 Å². The molecule has 0 aromatic heterocycles. The molecule has 1 heterocycles. The number of aryl methyl sites for hydroxylation is 1. The van der Waals surface area contributed by atoms with Crippen LogP contribution in [0.1, 0.15) is 26.3 Å². The summed E-state index contributed by atoms with van der Waals surface area (Å²) in [6, 6.07) is 7.84. The van der Waals surface area contributed by atoms with Crippen LogP contribution in [-0.2, 0) is 4.74 Å². The molecule has 1 saturated heterocycles. The molecule has 21 heavy (non-hydrogen) atoms. The Balaban J connectivity index is 2.00. The van der Waals surface area contributed by atoms with E-state index in [4.69, 9.17) is 9.47 Å². The number of benzene rings is 1. The molecule has 0 radical (unpaired) electrons. The Labute approximate surface area is 126 Å². The first-order valence-electron chi connectivity index (χ1n) is 7.14. The van der Waals surface area contributed by atoms with E-state index in [0.717, 1.165) is 16.9 Å². The Kier molecular flexibility index (Phi) is 4.26. The Morgan fingerprint density at radius 1 is 1.33 bits per heavy atom. The third-order valence-electron chi connectivity index (χ3n) is 3.25. The third kappa shape index (κ3) is 4.00. The van der Waals surface area contributed by atoms with Gasteiger partial charge in [-0.25, -0.2) is 4.79 Å². The van der Waals surface area contributed by atoms with Crippen molar-refractivity contribution in [3.8, 4) is 5.75 Å². The van der Waals surface area contributed by atoms with Crippen molar-refractivity contribution in [1.82, 2.24) is 4.90 Å². The quantitative estimate of drug-likeness (QED) is 0.782. The molecule has 0 aliphatic carbocycles. The van der Waals surface area contributed by atoms with E-state index in [1.165, 1.54) is 0 Å². The maximum atomic E-state index is 12.1. The van der Waals surface area contributed by atoms with Gasteiger partial charge >= 0.3 is 6.09 Å². The lowest BCUT2D eigenvalue weighted by Crippen LogP contribution is -2.36. The standard InChI is InChI=1S/C17H23NO3/c1-12-8-6-7-9-14(12)20-15-11-18(10-13(15)2)16(19)21-17(3,4)5/h6-9,15H,2,10-11H2,1,3-5H3/t15-/m0/s1. The zero-order valence-corrected chi connectivity index (χ0v) is 13.2. The van der Waals surface area contributed by atoms with Crippen LogP contribution in [-0.4, -0.2) is 35.8 Å². The number of ether oxygens (including phenoxy) is 2. The molecule has 4 heteroatoms. The van der Waals surface area contributed by atoms with Crippen molar-refractivity contribution in [1.29, 1.82) is 0 Å². The summed E-state index contributed by atoms with van der Waals surface area (Å²) in [5, 5.41) is 0. The number of amides is 1. The Morgan fingerprint density at radius 3 is 2.62 bits per heavy atom. The average molecular weight is 289 g/mol. The number of likely N-dealkylation sites (tertiary alicyclic amines) is 1. The second-order valence-corrected chi connectivity index (χ2v) is 6.39. The van der Waals surface area contributed by atoms with Crippen LogP contribution in [0.4, 0.5) is 4.79 Å². The van der Waals surface area contributed by atoms with E-state index in [9.17, 15) is 4.79 Å². The summed E-state index contributed by atoms with van der Waals surface area (Å²) in [5.74, 6) is 0.828. The average Bonchev–Trinajstić information content (AvgIpc) is 2.72. The number of rotatable bonds is 2. The van der Waals surface area contributed by atoms with Crippen LogP contribution in [0.5, 0.6) is 5.75 Å². The van der Waals surface area contributed by atoms with Gasteiger partial charge in [0.2, 0.25) is 0 Å². The maximum absolute atomic E-state index is 12.1. The van der Waals surface area contributed by atoms with E-state index in [2.05, 4.69) is 6.58 Å². The summed E-state index contributed by atoms with van der Waals surface area (Å²) in [6.07, 6.45) is -0.502. The molecule has 0 saturated carbocycles. The number of hydrogen-bond donors (Lipinski definition) is 0. The van der Waals surface area contributed by atoms with Gasteiger partial charge in [0.05, 0.1) is 6.54 Å². The first kappa shape index (κ1) is 15.4. The molecular weight excluding hydrogens is 266 g/mol. The van der Waals surface area contributed by atoms with Crippen LogP contribution in [0.25, 0.3) is 0 Å². The number of para-hydroxylation sites is 1. The fourth-order valence-corrected chi connectivity index (χ4v) is 2.17. The normalized spacial score (nSPS) is 18.8. The van der Waals surface area contributed by atoms with E-state index in [-0.39, 0.29) is 12.2 Å². The van der Waals surface area contributed by atoms with Gasteiger partial charge in [-0.1, -0.05) is 24.8 Å². The molecule has 0 bridgehead atoms. The minimum Gasteiger partial charge on any atom is -0.484 e. The lowest BCUT2D eigenvalue weighted by molar-refractivity contribution is 0.0276. The predicted octanol–water partition coefficient (Wildman–Crippen LogP) is 3.55. The molecule has 1 aliphatic heterocycles. The summed E-state index contributed by atoms with van der Waals surface area (Å²) in [6.45, 7) is 12.5. The molecule has 1 aliphatic rings. The number of carbonyl (C=O) groups excluding carboxylic acids is 1. The van der Waals surface area contributed by atoms with Gasteiger partial charge in [-0.2, -0.15) is 0 Å². The van der Waals surface area contributed by atoms with Crippen molar-refractivity contribution in [2.45, 2.75) is 39.4 Å². The summed E-state index contributed by atoms with van der Waals surface area (Å²) >= 11 is 0. The molecule has 2 rings (SSSR count). The smallest absolute Gasteiger partial charge is 0.410 e. The lowest BCUT2D eigenvalue weighted by atomic mass is 10.2. The van der Waals surface area contributed by atoms with Crippen LogP contribution >= 0.6 is 0 Å². The van der Waals surface area contributed by atoms with Gasteiger partial charge in [0.1, 0.15) is 17.5 Å². The van der Waals surface area contributed by atoms with Crippen molar-refractivity contribution in [3.05, 3.63) is 42.0 Å². The van der Waals surface area contributed by atoms with Crippen LogP contribution in [0.3, 0.4) is 0 Å². The fourth-order valence-electron chi connectivity index (χ4n) is 2.17. The van der Waals surface area contributed by atoms with Crippen molar-refractivity contribution in [2.24, 2.45) is 0 Å². The second-order valence-electron chi connectivity index (χ2n) is 6.39. The highest BCUT2D eigenvalue weighted by atomic mass is 16.6. The highest BCUT2D eigenvalue weighted by Crippen LogP contribution is 2.25. The molecule has 1 amide bonds. The minimum absolute atomic E-state index is 0.182. The minimum atomic E-state index is -0.493. The van der Waals surface area contributed by atoms with Gasteiger partial charge < -0.3 is 14.4 Å². The van der Waals surface area contributed by atoms with Gasteiger partial charge in [-0.05, 0) is 44.9 Å². The van der Waals surface area contributed by atoms with Crippen LogP contribution in [0.2, 0.25) is 0 Å². The van der Waals surface area contributed by atoms with Crippen molar-refractivity contribution in [2.75, 3.05) is 13.1 Å². The van der Waals surface area contributed by atoms with Crippen LogP contribution in [0.15, 0.2) is 36.4 Å². The van der Waals surface area contributed by atoms with Crippen molar-refractivity contribution < 1.29 is 14.3 Å². The highest BCUT2D eigenvalue weighted by Gasteiger charge is 2.33. The van der Waals surface area contributed by atoms with Gasteiger partial charge in [-0.3, -0.25) is 0 Å². The van der Waals surface area contributed by atoms with E-state index in [1.807, 2.05) is 52.0 Å². The molecule has 1 aromatic carbocycles. The SMILES string of the molecule is C=C1CN(C(=O)OC(C)(C)C)C[C@@H]1Oc1ccccc1C. The molecule has 0 N–H and O–H groups in total. The maximum Gasteiger partial charge on any atom is 0.410 e. The number of nitrogens with zero attached hydrogens (tertiary/aromatic N) is 1. The largest absolute Gasteiger partial charge is 0.484 e. The Bertz CT molecular complexity index is 545. The fraction of sp³-hybridized carbons (Fsp3) is 0.471. The van der Waals surface area contributed by atoms with E-state index in [1.54, 1.807) is 4.90 Å². The monoisotopic (exact) mass is 289 g/mol. The first-order valence-corrected chi connectivity index (χ1v) is 7.14. The lowest BCUT2D eigenvalue weighted by Gasteiger charge is -2.24. The summed E-state index contributed by atoms with van der Waals surface area (Å²) in [5.41, 5.74) is 1.47. The topological polar surface area (TPSA) is 38.8 Å². The molecule has 1 atom stereocenters. The second kappa shape index (κ2) is 5.80. The van der Waals surface area contributed by atoms with Crippen LogP contribution < -0.4 is 4.74 Å². The first-order chi connectivity index (χ1) is 9.76. The van der Waals surface area contributed by atoms with E-state index in [0.29, 0.717) is 13.1 Å². The zero-order valence-electron chi connectivity index (χ0n) is 13.2. The molecule has 4 nitrogen and oxygen atoms in total. The van der Waals surface area contributed by atoms with E-state index < -0.39 is 5.60 Å². The van der Waals surface area contributed by atoms with Crippen LogP contribution in [0, 0.1) is 6.92 Å². The highest BCUT2D eigenvalue weighted by molar-refractivity contribution is 5.69. The molecule has 0 unspecified atom stereocenters. The summed E-state index contributed by atoms with van der Waals surface area (Å²) in [7, 11) is 0. The van der Waals surface area contributed by atoms with Crippen molar-refractivity contribution >= 4 is 6.09 Å². The predicted molar refractivity (Wildman–Crippen MR) is 82.5 cm³/mol. The molecule has 0 spiro atoms. The van der Waals surface area contributed by atoms with Gasteiger partial charge in [-0.15, -0.1) is 0 Å². The summed E-state index contributed by atoms with van der Waals surface area (Å²) in [4.78, 5) is 13.7.